The number of carboxylic acid groups (broad SMARTS) is 1. The van der Waals surface area contributed by atoms with Crippen molar-refractivity contribution in [1.29, 1.82) is 0 Å². The molecule has 0 saturated carbocycles. The molecular formula is C19H20FNO4. The normalized spacial score (nSPS) is 11.8. The van der Waals surface area contributed by atoms with Gasteiger partial charge in [0, 0.05) is 25.1 Å². The van der Waals surface area contributed by atoms with Gasteiger partial charge >= 0.3 is 5.97 Å². The number of amides is 1. The first-order valence-corrected chi connectivity index (χ1v) is 7.83. The second-order valence-corrected chi connectivity index (χ2v) is 5.73. The maximum atomic E-state index is 13.1. The summed E-state index contributed by atoms with van der Waals surface area (Å²) >= 11 is 0. The highest BCUT2D eigenvalue weighted by Crippen LogP contribution is 2.25. The fraction of sp³-hybridized carbons (Fsp3) is 0.263. The highest BCUT2D eigenvalue weighted by molar-refractivity contribution is 5.91. The second-order valence-electron chi connectivity index (χ2n) is 5.73. The molecule has 0 aliphatic rings. The van der Waals surface area contributed by atoms with Crippen molar-refractivity contribution in [3.8, 4) is 0 Å². The summed E-state index contributed by atoms with van der Waals surface area (Å²) in [6.07, 6.45) is -0.213. The Morgan fingerprint density at radius 1 is 1.16 bits per heavy atom. The maximum Gasteiger partial charge on any atom is 0.303 e. The van der Waals surface area contributed by atoms with Gasteiger partial charge in [-0.3, -0.25) is 9.59 Å². The number of ether oxygens (including phenoxy) is 1. The molecule has 0 spiro atoms. The van der Waals surface area contributed by atoms with Crippen LogP contribution in [0, 0.1) is 5.82 Å². The summed E-state index contributed by atoms with van der Waals surface area (Å²) in [7, 11) is 1.59. The zero-order valence-corrected chi connectivity index (χ0v) is 13.9. The first-order valence-electron chi connectivity index (χ1n) is 7.83. The van der Waals surface area contributed by atoms with Crippen LogP contribution in [-0.4, -0.2) is 24.1 Å². The highest BCUT2D eigenvalue weighted by atomic mass is 19.1. The summed E-state index contributed by atoms with van der Waals surface area (Å²) in [4.78, 5) is 23.4. The van der Waals surface area contributed by atoms with E-state index in [-0.39, 0.29) is 18.7 Å². The third-order valence-electron chi connectivity index (χ3n) is 3.72. The minimum atomic E-state index is -1.01. The van der Waals surface area contributed by atoms with Gasteiger partial charge in [-0.15, -0.1) is 0 Å². The van der Waals surface area contributed by atoms with Gasteiger partial charge in [-0.1, -0.05) is 24.3 Å². The number of hydrogen-bond donors (Lipinski definition) is 2. The van der Waals surface area contributed by atoms with Crippen molar-refractivity contribution in [2.75, 3.05) is 12.4 Å². The van der Waals surface area contributed by atoms with Crippen LogP contribution < -0.4 is 5.32 Å². The first-order chi connectivity index (χ1) is 12.0. The molecule has 2 aromatic rings. The Morgan fingerprint density at radius 2 is 1.88 bits per heavy atom. The van der Waals surface area contributed by atoms with E-state index >= 15 is 0 Å². The lowest BCUT2D eigenvalue weighted by atomic mass is 9.92. The Bertz CT molecular complexity index is 730. The third-order valence-corrected chi connectivity index (χ3v) is 3.72. The van der Waals surface area contributed by atoms with Gasteiger partial charge in [0.1, 0.15) is 5.82 Å². The molecule has 0 heterocycles. The van der Waals surface area contributed by atoms with Crippen LogP contribution in [0.5, 0.6) is 0 Å². The molecule has 0 bridgehead atoms. The third kappa shape index (κ3) is 6.00. The van der Waals surface area contributed by atoms with E-state index in [0.29, 0.717) is 17.9 Å². The van der Waals surface area contributed by atoms with Gasteiger partial charge in [-0.05, 0) is 35.4 Å². The van der Waals surface area contributed by atoms with E-state index < -0.39 is 17.7 Å². The molecule has 25 heavy (non-hydrogen) atoms. The van der Waals surface area contributed by atoms with Crippen molar-refractivity contribution >= 4 is 17.6 Å². The molecule has 0 saturated heterocycles. The van der Waals surface area contributed by atoms with Crippen molar-refractivity contribution in [3.63, 3.8) is 0 Å². The van der Waals surface area contributed by atoms with E-state index in [1.807, 2.05) is 6.07 Å². The Morgan fingerprint density at radius 3 is 2.52 bits per heavy atom. The molecule has 132 valence electrons. The van der Waals surface area contributed by atoms with Crippen LogP contribution in [0.25, 0.3) is 0 Å². The summed E-state index contributed by atoms with van der Waals surface area (Å²) in [5.74, 6) is -2.24. The van der Waals surface area contributed by atoms with E-state index in [4.69, 9.17) is 9.84 Å². The molecule has 2 rings (SSSR count). The quantitative estimate of drug-likeness (QED) is 0.767. The molecule has 2 aromatic carbocycles. The number of benzene rings is 2. The second kappa shape index (κ2) is 8.94. The molecule has 0 aliphatic carbocycles. The van der Waals surface area contributed by atoms with Crippen LogP contribution in [0.4, 0.5) is 10.1 Å². The summed E-state index contributed by atoms with van der Waals surface area (Å²) in [5.41, 5.74) is 2.15. The fourth-order valence-electron chi connectivity index (χ4n) is 2.59. The number of anilines is 1. The van der Waals surface area contributed by atoms with Crippen LogP contribution in [-0.2, 0) is 20.9 Å². The topological polar surface area (TPSA) is 75.6 Å². The number of rotatable bonds is 8. The average molecular weight is 345 g/mol. The molecule has 0 unspecified atom stereocenters. The van der Waals surface area contributed by atoms with Crippen LogP contribution in [0.1, 0.15) is 29.9 Å². The van der Waals surface area contributed by atoms with Gasteiger partial charge in [-0.25, -0.2) is 4.39 Å². The minimum absolute atomic E-state index is 0.00750. The van der Waals surface area contributed by atoms with E-state index in [1.165, 1.54) is 24.3 Å². The summed E-state index contributed by atoms with van der Waals surface area (Å²) in [6.45, 7) is 0.431. The van der Waals surface area contributed by atoms with Crippen molar-refractivity contribution in [2.24, 2.45) is 0 Å². The lowest BCUT2D eigenvalue weighted by molar-refractivity contribution is -0.137. The lowest BCUT2D eigenvalue weighted by Crippen LogP contribution is -2.18. The molecule has 2 N–H and O–H groups in total. The molecule has 5 nitrogen and oxygen atoms in total. The van der Waals surface area contributed by atoms with Gasteiger partial charge in [0.2, 0.25) is 5.91 Å². The molecule has 0 radical (unpaired) electrons. The maximum absolute atomic E-state index is 13.1. The van der Waals surface area contributed by atoms with Gasteiger partial charge < -0.3 is 15.2 Å². The lowest BCUT2D eigenvalue weighted by Gasteiger charge is -2.15. The monoisotopic (exact) mass is 345 g/mol. The predicted octanol–water partition coefficient (Wildman–Crippen LogP) is 3.56. The van der Waals surface area contributed by atoms with E-state index in [1.54, 1.807) is 25.3 Å². The standard InChI is InChI=1S/C19H20FNO4/c1-25-12-13-3-2-4-17(9-13)21-18(22)10-15(11-19(23)24)14-5-7-16(20)8-6-14/h2-9,15H,10-12H2,1H3,(H,21,22)(H,23,24)/t15-/m0/s1. The van der Waals surface area contributed by atoms with Crippen LogP contribution in [0.2, 0.25) is 0 Å². The number of methoxy groups -OCH3 is 1. The Kier molecular flexibility index (Phi) is 6.65. The smallest absolute Gasteiger partial charge is 0.303 e. The van der Waals surface area contributed by atoms with Gasteiger partial charge in [0.25, 0.3) is 0 Å². The Balaban J connectivity index is 2.07. The molecule has 6 heteroatoms. The number of carbonyl (C=O) groups is 2. The van der Waals surface area contributed by atoms with Gasteiger partial charge in [0.05, 0.1) is 13.0 Å². The largest absolute Gasteiger partial charge is 0.481 e. The van der Waals surface area contributed by atoms with Crippen molar-refractivity contribution in [3.05, 3.63) is 65.5 Å². The number of aliphatic carboxylic acids is 1. The molecule has 1 atom stereocenters. The number of carboxylic acids is 1. The van der Waals surface area contributed by atoms with Gasteiger partial charge in [-0.2, -0.15) is 0 Å². The number of halogens is 1. The van der Waals surface area contributed by atoms with Crippen molar-refractivity contribution in [1.82, 2.24) is 0 Å². The van der Waals surface area contributed by atoms with E-state index in [0.717, 1.165) is 5.56 Å². The van der Waals surface area contributed by atoms with Crippen molar-refractivity contribution in [2.45, 2.75) is 25.4 Å². The molecular weight excluding hydrogens is 325 g/mol. The Labute approximate surface area is 145 Å². The summed E-state index contributed by atoms with van der Waals surface area (Å²) in [5, 5.41) is 11.8. The fourth-order valence-corrected chi connectivity index (χ4v) is 2.59. The number of carbonyl (C=O) groups excluding carboxylic acids is 1. The SMILES string of the molecule is COCc1cccc(NC(=O)C[C@@H](CC(=O)O)c2ccc(F)cc2)c1. The zero-order chi connectivity index (χ0) is 18.2. The zero-order valence-electron chi connectivity index (χ0n) is 13.9. The average Bonchev–Trinajstić information content (AvgIpc) is 2.55. The Hall–Kier alpha value is -2.73. The summed E-state index contributed by atoms with van der Waals surface area (Å²) in [6, 6.07) is 12.8. The van der Waals surface area contributed by atoms with E-state index in [9.17, 15) is 14.0 Å². The molecule has 0 fully saturated rings. The molecule has 0 aliphatic heterocycles. The predicted molar refractivity (Wildman–Crippen MR) is 91.8 cm³/mol. The van der Waals surface area contributed by atoms with Crippen molar-refractivity contribution < 1.29 is 23.8 Å². The first kappa shape index (κ1) is 18.6. The van der Waals surface area contributed by atoms with Crippen LogP contribution >= 0.6 is 0 Å². The number of hydrogen-bond acceptors (Lipinski definition) is 3. The van der Waals surface area contributed by atoms with Gasteiger partial charge in [0.15, 0.2) is 0 Å². The molecule has 0 aromatic heterocycles. The molecule has 1 amide bonds. The minimum Gasteiger partial charge on any atom is -0.481 e. The number of nitrogens with one attached hydrogen (secondary N) is 1. The van der Waals surface area contributed by atoms with Crippen LogP contribution in [0.15, 0.2) is 48.5 Å². The van der Waals surface area contributed by atoms with Crippen LogP contribution in [0.3, 0.4) is 0 Å². The summed E-state index contributed by atoms with van der Waals surface area (Å²) < 4.78 is 18.1. The highest BCUT2D eigenvalue weighted by Gasteiger charge is 2.19. The van der Waals surface area contributed by atoms with E-state index in [2.05, 4.69) is 5.32 Å².